The van der Waals surface area contributed by atoms with Gasteiger partial charge in [-0.1, -0.05) is 52.0 Å². The molecule has 4 fully saturated rings. The Morgan fingerprint density at radius 2 is 0.642 bits per heavy atom. The van der Waals surface area contributed by atoms with Crippen LogP contribution >= 0.6 is 45.3 Å². The molecule has 4 amide bonds. The lowest BCUT2D eigenvalue weighted by Crippen LogP contribution is -2.39. The minimum absolute atomic E-state index is 0.0274. The van der Waals surface area contributed by atoms with Crippen molar-refractivity contribution in [3.63, 3.8) is 0 Å². The van der Waals surface area contributed by atoms with Gasteiger partial charge in [-0.05, 0) is 212 Å². The second-order valence-electron chi connectivity index (χ2n) is 38.2. The lowest BCUT2D eigenvalue weighted by molar-refractivity contribution is 0.0800. The van der Waals surface area contributed by atoms with E-state index in [0.29, 0.717) is 105 Å². The Balaban J connectivity index is 0.000000124. The van der Waals surface area contributed by atoms with Crippen molar-refractivity contribution in [1.82, 2.24) is 61.1 Å². The van der Waals surface area contributed by atoms with Gasteiger partial charge in [-0.3, -0.25) is 19.2 Å². The first-order valence-electron chi connectivity index (χ1n) is 46.0. The maximum atomic E-state index is 13.2. The Bertz CT molecular complexity index is 6050. The highest BCUT2D eigenvalue weighted by atomic mass is 32.1. The van der Waals surface area contributed by atoms with Crippen LogP contribution in [0, 0.1) is 62.2 Å². The number of nitrogens with zero attached hydrogens (tertiary/aromatic N) is 12. The zero-order valence-corrected chi connectivity index (χ0v) is 80.4. The highest BCUT2D eigenvalue weighted by Gasteiger charge is 2.45. The number of amides is 4. The van der Waals surface area contributed by atoms with Crippen molar-refractivity contribution in [2.45, 2.75) is 182 Å². The van der Waals surface area contributed by atoms with Crippen LogP contribution in [-0.4, -0.2) is 192 Å². The molecular weight excluding hydrogens is 1790 g/mol. The number of aromatic nitrogens is 8. The van der Waals surface area contributed by atoms with Gasteiger partial charge in [0.15, 0.2) is 0 Å². The molecule has 4 aliphatic carbocycles. The number of fused-ring (bicyclic) bond motifs is 8. The third kappa shape index (κ3) is 20.0. The van der Waals surface area contributed by atoms with E-state index in [1.165, 1.54) is 56.5 Å². The van der Waals surface area contributed by atoms with Crippen molar-refractivity contribution in [3.05, 3.63) is 184 Å². The summed E-state index contributed by atoms with van der Waals surface area (Å²) in [5.41, 5.74) is 51.4. The number of methoxy groups -OCH3 is 2. The number of pyridine rings is 8. The lowest BCUT2D eigenvalue weighted by Gasteiger charge is -2.28. The Labute approximate surface area is 792 Å². The van der Waals surface area contributed by atoms with E-state index >= 15 is 0 Å². The minimum atomic E-state index is -2.43. The lowest BCUT2D eigenvalue weighted by atomic mass is 9.82. The van der Waals surface area contributed by atoms with E-state index in [-0.39, 0.29) is 71.7 Å². The number of carbonyl (C=O) groups excluding carboxylic acids is 4. The largest absolute Gasteiger partial charge is 0.397 e. The fraction of sp³-hybridized carbons (Fsp3) is 0.469. The number of aryl methyl sites for hydroxylation is 8. The predicted octanol–water partition coefficient (Wildman–Crippen LogP) is 13.8. The molecule has 0 unspecified atom stereocenters. The maximum Gasteiger partial charge on any atom is 0.263 e. The zero-order chi connectivity index (χ0) is 94.6. The van der Waals surface area contributed by atoms with Crippen LogP contribution in [-0.2, 0) is 60.8 Å². The molecule has 28 nitrogen and oxygen atoms in total. The van der Waals surface area contributed by atoms with Crippen LogP contribution in [0.3, 0.4) is 0 Å². The number of hydrogen-bond acceptors (Lipinski definition) is 28. The van der Waals surface area contributed by atoms with Gasteiger partial charge in [0.1, 0.15) is 62.1 Å². The van der Waals surface area contributed by atoms with Crippen molar-refractivity contribution >= 4 is 156 Å². The van der Waals surface area contributed by atoms with Gasteiger partial charge in [-0.25, -0.2) is 57.4 Å². The number of anilines is 8. The molecule has 36 heteroatoms. The number of hydrogen-bond donors (Lipinski definition) is 10. The Morgan fingerprint density at radius 3 is 0.881 bits per heavy atom. The number of ether oxygens (including phenoxy) is 2. The summed E-state index contributed by atoms with van der Waals surface area (Å²) >= 11 is 5.35. The van der Waals surface area contributed by atoms with E-state index in [2.05, 4.69) is 103 Å². The van der Waals surface area contributed by atoms with Gasteiger partial charge in [-0.2, -0.15) is 0 Å². The van der Waals surface area contributed by atoms with E-state index < -0.39 is 36.8 Å². The highest BCUT2D eigenvalue weighted by molar-refractivity contribution is 7.22. The van der Waals surface area contributed by atoms with Crippen LogP contribution < -0.4 is 75.3 Å². The van der Waals surface area contributed by atoms with Crippen molar-refractivity contribution in [3.8, 4) is 0 Å². The quantitative estimate of drug-likeness (QED) is 0.0357. The molecule has 0 bridgehead atoms. The molecule has 0 aromatic carbocycles. The molecule has 0 spiro atoms. The third-order valence-corrected chi connectivity index (χ3v) is 32.7. The van der Waals surface area contributed by atoms with Crippen LogP contribution in [0.1, 0.15) is 160 Å². The van der Waals surface area contributed by atoms with E-state index in [4.69, 9.17) is 63.8 Å². The molecule has 12 aromatic rings. The molecule has 0 radical (unpaired) electrons. The predicted molar refractivity (Wildman–Crippen MR) is 527 cm³/mol. The van der Waals surface area contributed by atoms with Gasteiger partial charge in [0, 0.05) is 181 Å². The fourth-order valence-corrected chi connectivity index (χ4v) is 24.2. The standard InChI is InChI=1S/2C26H33N5O2S.2C23H26F2N6OS/c2*1-15-12-31(13-26(15,3)14-33-4)21-10-6-17-11-18(7-9-20(17)30-21)29-24(32)23-22(27)19-8-5-16(2)28-25(19)34-23;2*1-11-2-5-14-19(27)20(33-23(14)28-11)22(32)29-13-4-6-17-12(8-13)3-7-18(30-17)31-9-15(21(24)25)16(26)10-31/h2*5-6,8,10,15,18H,7,9,11-14,27H2,1-4H3,(H,29,32);2*2-3,5,7,13,15-16,21H,4,6,8-10,26-27H2,1H3,(H,29,32)/t15-,18+,26+;15-,18+,26-;13-,15+,16-;13-,15-,16+/m1100/s1. The summed E-state index contributed by atoms with van der Waals surface area (Å²) in [5, 5.41) is 15.9. The summed E-state index contributed by atoms with van der Waals surface area (Å²) in [6.07, 6.45) is 4.39. The summed E-state index contributed by atoms with van der Waals surface area (Å²) in [6, 6.07) is 30.6. The summed E-state index contributed by atoms with van der Waals surface area (Å²) in [7, 11) is 3.56. The molecular formula is C98H118F4N22O6S4. The zero-order valence-electron chi connectivity index (χ0n) is 77.1. The molecule has 20 rings (SSSR count). The van der Waals surface area contributed by atoms with Crippen LogP contribution in [0.4, 0.5) is 63.6 Å². The van der Waals surface area contributed by atoms with E-state index in [0.717, 1.165) is 200 Å². The topological polar surface area (TPSA) is 407 Å². The van der Waals surface area contributed by atoms with Crippen molar-refractivity contribution in [2.75, 3.05) is 122 Å². The molecule has 8 aliphatic rings. The van der Waals surface area contributed by atoms with Crippen molar-refractivity contribution in [1.29, 1.82) is 0 Å². The molecule has 12 aromatic heterocycles. The third-order valence-electron chi connectivity index (χ3n) is 28.3. The first-order chi connectivity index (χ1) is 64.1. The second-order valence-corrected chi connectivity index (χ2v) is 42.2. The summed E-state index contributed by atoms with van der Waals surface area (Å²) in [6.45, 7) is 23.5. The second kappa shape index (κ2) is 39.3. The maximum absolute atomic E-state index is 13.2. The summed E-state index contributed by atoms with van der Waals surface area (Å²) in [5.74, 6) is 2.32. The van der Waals surface area contributed by atoms with Gasteiger partial charge in [0.2, 0.25) is 12.9 Å². The van der Waals surface area contributed by atoms with Gasteiger partial charge in [0.05, 0.1) is 47.8 Å². The van der Waals surface area contributed by atoms with Crippen LogP contribution in [0.15, 0.2) is 97.1 Å². The first-order valence-corrected chi connectivity index (χ1v) is 49.3. The molecule has 16 heterocycles. The first kappa shape index (κ1) is 94.6. The normalized spacial score (nSPS) is 23.6. The highest BCUT2D eigenvalue weighted by Crippen LogP contribution is 2.44. The molecule has 16 N–H and O–H groups in total. The Morgan fingerprint density at radius 1 is 0.388 bits per heavy atom. The smallest absolute Gasteiger partial charge is 0.263 e. The number of nitrogens with one attached hydrogen (secondary N) is 4. The number of thiophene rings is 4. The minimum Gasteiger partial charge on any atom is -0.397 e. The van der Waals surface area contributed by atoms with Gasteiger partial charge >= 0.3 is 0 Å². The SMILES string of the molecule is COC[C@@]1(C)CN(c2ccc3c(n2)CC[C@H](NC(=O)c2sc4nc(C)ccc4c2N)C3)C[C@H]1C.COC[C@]1(C)CN(c2ccc3c(n2)CC[C@H](NC(=O)c2sc4nc(C)ccc4c2N)C3)C[C@H]1C.Cc1ccc2c(N)c(C(=O)N[C@H]3CCc4nc(N5C[C@@H](N)[C@@H](C(F)F)C5)ccc4C3)sc2n1.Cc1ccc2c(N)c(C(=O)N[C@H]3CCc4nc(N5C[C@H](N)[C@H](C(F)F)C5)ccc4C3)sc2n1. The van der Waals surface area contributed by atoms with E-state index in [1.807, 2.05) is 110 Å². The Kier molecular flexibility index (Phi) is 27.8. The number of halogens is 4. The molecule has 708 valence electrons. The molecule has 12 atom stereocenters. The molecule has 0 saturated carbocycles. The number of nitrogen functional groups attached to an aromatic ring is 4. The fourth-order valence-electron chi connectivity index (χ4n) is 20.0. The van der Waals surface area contributed by atoms with Crippen LogP contribution in [0.25, 0.3) is 40.9 Å². The average molecular weight is 1900 g/mol. The van der Waals surface area contributed by atoms with E-state index in [1.54, 1.807) is 14.2 Å². The summed E-state index contributed by atoms with van der Waals surface area (Å²) < 4.78 is 63.6. The summed E-state index contributed by atoms with van der Waals surface area (Å²) in [4.78, 5) is 103. The van der Waals surface area contributed by atoms with Crippen LogP contribution in [0.2, 0.25) is 0 Å². The monoisotopic (exact) mass is 1900 g/mol. The number of rotatable bonds is 18. The van der Waals surface area contributed by atoms with Crippen molar-refractivity contribution < 1.29 is 46.2 Å². The number of nitrogens with two attached hydrogens (primary N) is 6. The Hall–Kier alpha value is -11.1. The van der Waals surface area contributed by atoms with Gasteiger partial charge in [0.25, 0.3) is 23.6 Å². The van der Waals surface area contributed by atoms with Gasteiger partial charge < -0.3 is 84.7 Å². The molecule has 4 aliphatic heterocycles. The van der Waals surface area contributed by atoms with Gasteiger partial charge in [-0.15, -0.1) is 45.3 Å². The van der Waals surface area contributed by atoms with E-state index in [9.17, 15) is 36.7 Å². The molecule has 4 saturated heterocycles. The average Bonchev–Trinajstić information content (AvgIpc) is 1.69. The number of carbonyl (C=O) groups is 4. The number of alkyl halides is 4. The molecule has 134 heavy (non-hydrogen) atoms. The van der Waals surface area contributed by atoms with Crippen molar-refractivity contribution in [2.24, 2.45) is 46.0 Å². The van der Waals surface area contributed by atoms with Crippen LogP contribution in [0.5, 0.6) is 0 Å².